The summed E-state index contributed by atoms with van der Waals surface area (Å²) in [6.45, 7) is 2.06. The van der Waals surface area contributed by atoms with Gasteiger partial charge < -0.3 is 9.64 Å². The number of aromatic nitrogens is 2. The molecule has 0 N–H and O–H groups in total. The summed E-state index contributed by atoms with van der Waals surface area (Å²) in [6.07, 6.45) is 8.21. The molecule has 0 amide bonds. The molecule has 0 unspecified atom stereocenters. The van der Waals surface area contributed by atoms with Crippen LogP contribution < -0.4 is 4.90 Å². The van der Waals surface area contributed by atoms with Gasteiger partial charge in [-0.25, -0.2) is 9.97 Å². The highest BCUT2D eigenvalue weighted by Gasteiger charge is 2.24. The summed E-state index contributed by atoms with van der Waals surface area (Å²) < 4.78 is 6.59. The second kappa shape index (κ2) is 5.78. The number of rotatable bonds is 3. The number of halogens is 1. The lowest BCUT2D eigenvalue weighted by Gasteiger charge is -2.16. The van der Waals surface area contributed by atoms with Gasteiger partial charge in [0, 0.05) is 29.1 Å². The molecule has 0 radical (unpaired) electrons. The van der Waals surface area contributed by atoms with E-state index in [1.165, 1.54) is 0 Å². The van der Waals surface area contributed by atoms with Gasteiger partial charge in [-0.05, 0) is 18.6 Å². The van der Waals surface area contributed by atoms with Crippen molar-refractivity contribution in [1.29, 1.82) is 0 Å². The topological polar surface area (TPSA) is 38.2 Å². The largest absolute Gasteiger partial charge is 0.364 e. The molecule has 2 aromatic rings. The monoisotopic (exact) mass is 331 g/mol. The van der Waals surface area contributed by atoms with Crippen molar-refractivity contribution in [1.82, 2.24) is 9.97 Å². The van der Waals surface area contributed by atoms with Gasteiger partial charge in [-0.3, -0.25) is 0 Å². The van der Waals surface area contributed by atoms with Crippen LogP contribution in [0, 0.1) is 12.3 Å². The molecule has 20 heavy (non-hydrogen) atoms. The van der Waals surface area contributed by atoms with Crippen molar-refractivity contribution in [3.63, 3.8) is 0 Å². The number of hydrogen-bond acceptors (Lipinski definition) is 4. The van der Waals surface area contributed by atoms with Crippen LogP contribution in [0.3, 0.4) is 0 Å². The molecule has 1 fully saturated rings. The van der Waals surface area contributed by atoms with Crippen LogP contribution in [0.25, 0.3) is 10.9 Å². The summed E-state index contributed by atoms with van der Waals surface area (Å²) in [6, 6.07) is 6.00. The van der Waals surface area contributed by atoms with E-state index in [0.29, 0.717) is 6.61 Å². The number of hydrogen-bond donors (Lipinski definition) is 0. The SMILES string of the molecule is C#CCO[C@@H]1CCN(c2ncc3ccc(Br)cc3n2)C1. The third kappa shape index (κ3) is 2.77. The molecule has 0 bridgehead atoms. The Hall–Kier alpha value is -1.64. The van der Waals surface area contributed by atoms with Crippen LogP contribution in [0.1, 0.15) is 6.42 Å². The van der Waals surface area contributed by atoms with E-state index in [4.69, 9.17) is 11.2 Å². The predicted molar refractivity (Wildman–Crippen MR) is 82.6 cm³/mol. The number of terminal acetylenes is 1. The van der Waals surface area contributed by atoms with Crippen LogP contribution in [0.4, 0.5) is 5.95 Å². The second-order valence-corrected chi connectivity index (χ2v) is 5.66. The van der Waals surface area contributed by atoms with Crippen LogP contribution in [0.5, 0.6) is 0 Å². The molecule has 5 heteroatoms. The normalized spacial score (nSPS) is 18.4. The van der Waals surface area contributed by atoms with Crippen molar-refractivity contribution in [2.45, 2.75) is 12.5 Å². The van der Waals surface area contributed by atoms with Crippen LogP contribution >= 0.6 is 15.9 Å². The van der Waals surface area contributed by atoms with Gasteiger partial charge in [0.15, 0.2) is 0 Å². The third-order valence-electron chi connectivity index (χ3n) is 3.36. The Morgan fingerprint density at radius 3 is 3.25 bits per heavy atom. The zero-order valence-corrected chi connectivity index (χ0v) is 12.5. The molecule has 0 aliphatic carbocycles. The number of benzene rings is 1. The molecule has 102 valence electrons. The van der Waals surface area contributed by atoms with E-state index in [2.05, 4.69) is 36.7 Å². The van der Waals surface area contributed by atoms with Crippen LogP contribution in [-0.2, 0) is 4.74 Å². The van der Waals surface area contributed by atoms with Crippen molar-refractivity contribution in [3.05, 3.63) is 28.9 Å². The quantitative estimate of drug-likeness (QED) is 0.810. The maximum Gasteiger partial charge on any atom is 0.225 e. The maximum atomic E-state index is 5.57. The Balaban J connectivity index is 1.79. The van der Waals surface area contributed by atoms with Crippen LogP contribution in [0.15, 0.2) is 28.9 Å². The molecule has 1 aliphatic rings. The van der Waals surface area contributed by atoms with E-state index in [0.717, 1.165) is 40.8 Å². The fraction of sp³-hybridized carbons (Fsp3) is 0.333. The molecule has 1 aromatic heterocycles. The average molecular weight is 332 g/mol. The highest BCUT2D eigenvalue weighted by atomic mass is 79.9. The molecular formula is C15H14BrN3O. The Morgan fingerprint density at radius 1 is 1.50 bits per heavy atom. The molecule has 1 aromatic carbocycles. The first-order valence-corrected chi connectivity index (χ1v) is 7.28. The standard InChI is InChI=1S/C15H14BrN3O/c1-2-7-20-13-5-6-19(10-13)15-17-9-11-3-4-12(16)8-14(11)18-15/h1,3-4,8-9,13H,5-7,10H2/t13-/m1/s1. The second-order valence-electron chi connectivity index (χ2n) is 4.74. The van der Waals surface area contributed by atoms with E-state index in [-0.39, 0.29) is 6.10 Å². The first-order chi connectivity index (χ1) is 9.76. The van der Waals surface area contributed by atoms with Gasteiger partial charge in [-0.2, -0.15) is 0 Å². The molecule has 3 rings (SSSR count). The first-order valence-electron chi connectivity index (χ1n) is 6.48. The van der Waals surface area contributed by atoms with Crippen LogP contribution in [0.2, 0.25) is 0 Å². The van der Waals surface area contributed by atoms with Crippen LogP contribution in [-0.4, -0.2) is 35.8 Å². The van der Waals surface area contributed by atoms with E-state index in [1.807, 2.05) is 24.4 Å². The van der Waals surface area contributed by atoms with E-state index < -0.39 is 0 Å². The van der Waals surface area contributed by atoms with Gasteiger partial charge in [-0.15, -0.1) is 6.42 Å². The fourth-order valence-corrected chi connectivity index (χ4v) is 2.70. The van der Waals surface area contributed by atoms with Gasteiger partial charge in [0.25, 0.3) is 0 Å². The Morgan fingerprint density at radius 2 is 2.40 bits per heavy atom. The van der Waals surface area contributed by atoms with E-state index in [9.17, 15) is 0 Å². The average Bonchev–Trinajstić information content (AvgIpc) is 2.93. The Kier molecular flexibility index (Phi) is 3.86. The summed E-state index contributed by atoms with van der Waals surface area (Å²) in [5, 5.41) is 1.04. The van der Waals surface area contributed by atoms with Gasteiger partial charge >= 0.3 is 0 Å². The zero-order chi connectivity index (χ0) is 13.9. The van der Waals surface area contributed by atoms with E-state index in [1.54, 1.807) is 0 Å². The number of fused-ring (bicyclic) bond motifs is 1. The smallest absolute Gasteiger partial charge is 0.225 e. The molecule has 0 spiro atoms. The molecule has 4 nitrogen and oxygen atoms in total. The van der Waals surface area contributed by atoms with Crippen molar-refractivity contribution in [2.75, 3.05) is 24.6 Å². The van der Waals surface area contributed by atoms with Crippen molar-refractivity contribution in [3.8, 4) is 12.3 Å². The lowest BCUT2D eigenvalue weighted by Crippen LogP contribution is -2.24. The Labute approximate surface area is 126 Å². The third-order valence-corrected chi connectivity index (χ3v) is 3.86. The highest BCUT2D eigenvalue weighted by Crippen LogP contribution is 2.22. The van der Waals surface area contributed by atoms with E-state index >= 15 is 0 Å². The van der Waals surface area contributed by atoms with Crippen molar-refractivity contribution in [2.24, 2.45) is 0 Å². The minimum absolute atomic E-state index is 0.174. The minimum Gasteiger partial charge on any atom is -0.364 e. The summed E-state index contributed by atoms with van der Waals surface area (Å²) in [4.78, 5) is 11.2. The number of ether oxygens (including phenoxy) is 1. The summed E-state index contributed by atoms with van der Waals surface area (Å²) in [5.41, 5.74) is 0.942. The summed E-state index contributed by atoms with van der Waals surface area (Å²) in [7, 11) is 0. The van der Waals surface area contributed by atoms with Crippen molar-refractivity contribution >= 4 is 32.8 Å². The molecule has 2 heterocycles. The molecule has 1 aliphatic heterocycles. The predicted octanol–water partition coefficient (Wildman–Crippen LogP) is 2.62. The zero-order valence-electron chi connectivity index (χ0n) is 10.9. The molecule has 0 saturated carbocycles. The number of nitrogens with zero attached hydrogens (tertiary/aromatic N) is 3. The van der Waals surface area contributed by atoms with Gasteiger partial charge in [0.05, 0.1) is 11.6 Å². The summed E-state index contributed by atoms with van der Waals surface area (Å²) in [5.74, 6) is 3.25. The highest BCUT2D eigenvalue weighted by molar-refractivity contribution is 9.10. The fourth-order valence-electron chi connectivity index (χ4n) is 2.35. The maximum absolute atomic E-state index is 5.57. The molecule has 1 saturated heterocycles. The van der Waals surface area contributed by atoms with Gasteiger partial charge in [-0.1, -0.05) is 27.9 Å². The lowest BCUT2D eigenvalue weighted by atomic mass is 10.2. The van der Waals surface area contributed by atoms with Crippen molar-refractivity contribution < 1.29 is 4.74 Å². The Bertz CT molecular complexity index is 668. The molecule has 1 atom stereocenters. The first kappa shape index (κ1) is 13.3. The number of anilines is 1. The molecular weight excluding hydrogens is 318 g/mol. The summed E-state index contributed by atoms with van der Waals surface area (Å²) >= 11 is 3.47. The van der Waals surface area contributed by atoms with Gasteiger partial charge in [0.2, 0.25) is 5.95 Å². The minimum atomic E-state index is 0.174. The van der Waals surface area contributed by atoms with Gasteiger partial charge in [0.1, 0.15) is 6.61 Å². The lowest BCUT2D eigenvalue weighted by molar-refractivity contribution is 0.0946.